The quantitative estimate of drug-likeness (QED) is 0.0203. The summed E-state index contributed by atoms with van der Waals surface area (Å²) in [4.78, 5) is 0. The van der Waals surface area contributed by atoms with Crippen molar-refractivity contribution in [1.29, 1.82) is 0 Å². The molecule has 685 valence electrons. The number of hydrogen-bond acceptors (Lipinski definition) is 4. The van der Waals surface area contributed by atoms with E-state index in [1.807, 2.05) is 0 Å². The predicted molar refractivity (Wildman–Crippen MR) is 550 cm³/mol. The van der Waals surface area contributed by atoms with Gasteiger partial charge >= 0.3 is 0 Å². The van der Waals surface area contributed by atoms with Gasteiger partial charge in [-0.2, -0.15) is 0 Å². The topological polar surface area (TPSA) is 81.6 Å². The normalized spacial score (nSPS) is 13.7. The Balaban J connectivity index is 0.00000163. The van der Waals surface area contributed by atoms with Crippen molar-refractivity contribution in [3.05, 3.63) is 172 Å². The first-order valence-electron chi connectivity index (χ1n) is 47.9. The Morgan fingerprint density at radius 1 is 0.363 bits per heavy atom. The maximum absolute atomic E-state index is 14.0. The number of ether oxygens (including phenoxy) is 3. The molecule has 10 aromatic rings. The number of aromatic hydroxyl groups is 2. The summed E-state index contributed by atoms with van der Waals surface area (Å²) in [5.41, 5.74) is 17.9. The third-order valence-corrected chi connectivity index (χ3v) is 32.7. The molecular formula is C113H170HoN2O5Si3. The number of fused-ring (bicyclic) bond motifs is 6. The van der Waals surface area contributed by atoms with E-state index in [1.165, 1.54) is 167 Å². The Bertz CT molecular complexity index is 4790. The molecule has 11 heteroatoms. The minimum Gasteiger partial charge on any atom is -0.505 e. The van der Waals surface area contributed by atoms with E-state index in [-0.39, 0.29) is 92.6 Å². The molecule has 0 aliphatic carbocycles. The van der Waals surface area contributed by atoms with E-state index >= 15 is 0 Å². The smallest absolute Gasteiger partial charge is 0.147 e. The number of benzene rings is 8. The monoisotopic (exact) mass is 1880 g/mol. The van der Waals surface area contributed by atoms with Gasteiger partial charge in [0.2, 0.25) is 0 Å². The van der Waals surface area contributed by atoms with Crippen molar-refractivity contribution in [3.63, 3.8) is 0 Å². The van der Waals surface area contributed by atoms with E-state index in [0.717, 1.165) is 104 Å². The number of rotatable bonds is 30. The van der Waals surface area contributed by atoms with E-state index in [0.29, 0.717) is 19.6 Å². The van der Waals surface area contributed by atoms with Gasteiger partial charge in [-0.05, 0) is 163 Å². The summed E-state index contributed by atoms with van der Waals surface area (Å²) in [6.07, 6.45) is 20.3. The molecule has 8 aromatic carbocycles. The SMILES string of the molecule is C1CC[OH+]C1.CCCCCCCC[Si](C)(C)c1cc(C)c(OCCCOc2c(C)cc([Si](C)(C)CCCCCCCC)cc2-c2cc(C(C)(C)CC(C)(C)C)cc(-n3c4cc(C(C)(C)C)ccc4c4ccc(C(C)(C)C)cc43)c2O)c(-c2cc(C(C)(C)CC(C)(C)C)cc(-n3c4cc(C(C)(C)C)ccc4c4ccc(C(C)(C)C)cc43)c2O)c1.[CH2-][Si](C)(C)C.[Ho]. The maximum atomic E-state index is 14.0. The second-order valence-corrected chi connectivity index (χ2v) is 62.6. The summed E-state index contributed by atoms with van der Waals surface area (Å²) in [6, 6.07) is 49.5. The second-order valence-electron chi connectivity index (χ2n) is 47.8. The molecule has 1 aliphatic rings. The number of unbranched alkanes of at least 4 members (excludes halogenated alkanes) is 10. The van der Waals surface area contributed by atoms with Crippen LogP contribution in [0.15, 0.2) is 121 Å². The molecular weight excluding hydrogens is 1710 g/mol. The molecule has 3 heterocycles. The number of aryl methyl sites for hydroxylation is 2. The first-order valence-corrected chi connectivity index (χ1v) is 58.0. The Kier molecular flexibility index (Phi) is 34.5. The molecule has 1 fully saturated rings. The third-order valence-electron chi connectivity index (χ3n) is 25.8. The van der Waals surface area contributed by atoms with Crippen LogP contribution in [0, 0.1) is 69.0 Å². The van der Waals surface area contributed by atoms with Crippen molar-refractivity contribution in [1.82, 2.24) is 9.13 Å². The molecule has 1 radical (unpaired) electrons. The van der Waals surface area contributed by atoms with Gasteiger partial charge in [0.1, 0.15) is 36.2 Å². The van der Waals surface area contributed by atoms with Crippen LogP contribution in [0.4, 0.5) is 0 Å². The zero-order chi connectivity index (χ0) is 91.3. The summed E-state index contributed by atoms with van der Waals surface area (Å²) < 4.78 is 23.8. The van der Waals surface area contributed by atoms with Crippen molar-refractivity contribution in [2.45, 2.75) is 380 Å². The summed E-state index contributed by atoms with van der Waals surface area (Å²) in [6.45, 7) is 84.2. The zero-order valence-electron chi connectivity index (χ0n) is 84.4. The summed E-state index contributed by atoms with van der Waals surface area (Å²) in [5, 5.41) is 35.4. The number of phenolic OH excluding ortho intramolecular Hbond substituents is 2. The molecule has 0 amide bonds. The Labute approximate surface area is 788 Å². The van der Waals surface area contributed by atoms with E-state index < -0.39 is 24.2 Å². The molecule has 1 aliphatic heterocycles. The van der Waals surface area contributed by atoms with Crippen LogP contribution in [0.3, 0.4) is 0 Å². The molecule has 0 atom stereocenters. The van der Waals surface area contributed by atoms with Crippen LogP contribution in [0.2, 0.25) is 57.9 Å². The summed E-state index contributed by atoms with van der Waals surface area (Å²) in [5.74, 6) is 2.12. The van der Waals surface area contributed by atoms with E-state index in [4.69, 9.17) is 9.47 Å². The molecule has 11 rings (SSSR count). The summed E-state index contributed by atoms with van der Waals surface area (Å²) in [7, 11) is -5.01. The molecule has 0 unspecified atom stereocenters. The van der Waals surface area contributed by atoms with Crippen molar-refractivity contribution in [2.24, 2.45) is 10.8 Å². The van der Waals surface area contributed by atoms with Crippen LogP contribution in [0.25, 0.3) is 77.2 Å². The average Bonchev–Trinajstić information content (AvgIpc) is 1.55. The van der Waals surface area contributed by atoms with Crippen LogP contribution in [0.5, 0.6) is 23.0 Å². The fraction of sp³-hybridized carbons (Fsp3) is 0.566. The molecule has 3 N–H and O–H groups in total. The maximum Gasteiger partial charge on any atom is 0.147 e. The molecule has 0 bridgehead atoms. The van der Waals surface area contributed by atoms with Gasteiger partial charge in [-0.15, -0.1) is 8.07 Å². The van der Waals surface area contributed by atoms with Gasteiger partial charge in [-0.25, -0.2) is 0 Å². The minimum atomic E-state index is -2.07. The Morgan fingerprint density at radius 2 is 0.645 bits per heavy atom. The van der Waals surface area contributed by atoms with E-state index in [9.17, 15) is 10.2 Å². The van der Waals surface area contributed by atoms with Gasteiger partial charge in [-0.3, -0.25) is 0 Å². The van der Waals surface area contributed by atoms with Crippen molar-refractivity contribution >= 4 is 78.2 Å². The van der Waals surface area contributed by atoms with Gasteiger partial charge in [-0.1, -0.05) is 384 Å². The standard InChI is InChI=1S/C105H150N2O4Si2.C4H8O.C4H11Si.Ho/c1-31-33-35-37-39-41-54-112(27,28)78-56-70(3)96(86(66-78)84-58-76(104(23,24)68-98(5,6)7)64-92(94(84)108)106-88-60-72(100(11,12)13)44-48-80(88)81-49-45-73(61-89(81)106)101(14,15)16)110-52-43-53-111-97-71(4)57-79(113(29,30)55-42-40-38-36-34-32-2)67-87(97)85-59-77(105(25,26)69-99(8,9)10)65-93(95(85)109)107-90-62-74(102(17,18)19)46-50-82(90)83-51-47-75(63-91(83)107)103(20,21)22;1-2-4-5-3-1;1-5(2,3)4;/h44-51,56-67,108-109H,31-43,52-55,68-69H2,1-30H3;1-4H2;1H2,2-4H3;/q;;-1;/p+1. The van der Waals surface area contributed by atoms with E-state index in [1.54, 1.807) is 0 Å². The first kappa shape index (κ1) is 104. The molecule has 2 aromatic heterocycles. The number of aromatic nitrogens is 2. The van der Waals surface area contributed by atoms with Gasteiger partial charge < -0.3 is 40.1 Å². The summed E-state index contributed by atoms with van der Waals surface area (Å²) >= 11 is 0. The third kappa shape index (κ3) is 26.6. The van der Waals surface area contributed by atoms with Crippen molar-refractivity contribution < 1.29 is 62.2 Å². The molecule has 124 heavy (non-hydrogen) atoms. The Morgan fingerprint density at radius 3 is 0.903 bits per heavy atom. The largest absolute Gasteiger partial charge is 0.505 e. The fourth-order valence-electron chi connectivity index (χ4n) is 19.1. The molecule has 1 saturated heterocycles. The first-order chi connectivity index (χ1) is 56.9. The van der Waals surface area contributed by atoms with Crippen LogP contribution in [-0.2, 0) is 32.5 Å². The number of hydrogen-bond donors (Lipinski definition) is 2. The average molecular weight is 1890 g/mol. The van der Waals surface area contributed by atoms with Crippen molar-refractivity contribution in [3.8, 4) is 56.6 Å². The molecule has 0 saturated carbocycles. The van der Waals surface area contributed by atoms with Crippen LogP contribution in [0.1, 0.15) is 320 Å². The fourth-order valence-corrected chi connectivity index (χ4v) is 24.2. The predicted octanol–water partition coefficient (Wildman–Crippen LogP) is 32.3. The minimum absolute atomic E-state index is 0. The number of phenols is 2. The molecule has 7 nitrogen and oxygen atoms in total. The molecule has 0 spiro atoms. The number of nitrogens with zero attached hydrogens (tertiary/aromatic N) is 2. The van der Waals surface area contributed by atoms with Gasteiger partial charge in [0, 0.05) is 101 Å². The second kappa shape index (κ2) is 41.3. The van der Waals surface area contributed by atoms with Crippen molar-refractivity contribution in [2.75, 3.05) is 26.4 Å². The zero-order valence-corrected chi connectivity index (χ0v) is 89.3. The van der Waals surface area contributed by atoms with E-state index in [2.05, 4.69) is 368 Å². The van der Waals surface area contributed by atoms with Crippen LogP contribution >= 0.6 is 0 Å². The van der Waals surface area contributed by atoms with Crippen LogP contribution < -0.4 is 19.8 Å². The van der Waals surface area contributed by atoms with Gasteiger partial charge in [0.25, 0.3) is 0 Å². The Hall–Kier alpha value is -5.57. The van der Waals surface area contributed by atoms with Gasteiger partial charge in [0.15, 0.2) is 0 Å². The number of aliphatic hydroxyl groups is 2. The van der Waals surface area contributed by atoms with Crippen LogP contribution in [-0.4, -0.2) is 74.7 Å². The van der Waals surface area contributed by atoms with Gasteiger partial charge in [0.05, 0.1) is 62.8 Å².